The highest BCUT2D eigenvalue weighted by Crippen LogP contribution is 2.19. The van der Waals surface area contributed by atoms with Crippen molar-refractivity contribution < 1.29 is 0 Å². The second-order valence-corrected chi connectivity index (χ2v) is 4.33. The predicted octanol–water partition coefficient (Wildman–Crippen LogP) is 3.74. The van der Waals surface area contributed by atoms with E-state index >= 15 is 0 Å². The molecular formula is C14H20N2. The molecule has 1 aromatic carbocycles. The number of para-hydroxylation sites is 1. The van der Waals surface area contributed by atoms with Crippen molar-refractivity contribution in [2.75, 3.05) is 5.32 Å². The van der Waals surface area contributed by atoms with Crippen molar-refractivity contribution in [1.82, 2.24) is 0 Å². The molecule has 2 unspecified atom stereocenters. The Bertz CT molecular complexity index is 365. The zero-order valence-electron chi connectivity index (χ0n) is 10.3. The van der Waals surface area contributed by atoms with E-state index in [2.05, 4.69) is 38.2 Å². The van der Waals surface area contributed by atoms with Gasteiger partial charge in [0.25, 0.3) is 0 Å². The number of nitrogens with one attached hydrogen (secondary N) is 1. The molecule has 0 saturated carbocycles. The van der Waals surface area contributed by atoms with Crippen molar-refractivity contribution in [2.45, 2.75) is 39.7 Å². The molecule has 0 saturated heterocycles. The first-order valence-electron chi connectivity index (χ1n) is 5.90. The van der Waals surface area contributed by atoms with Crippen LogP contribution in [0.5, 0.6) is 0 Å². The SMILES string of the molecule is CCCC(C)C(C#N)Nc1ccccc1C. The van der Waals surface area contributed by atoms with Crippen molar-refractivity contribution >= 4 is 5.69 Å². The monoisotopic (exact) mass is 216 g/mol. The van der Waals surface area contributed by atoms with E-state index in [9.17, 15) is 0 Å². The highest BCUT2D eigenvalue weighted by atomic mass is 14.9. The minimum absolute atomic E-state index is 0.0963. The van der Waals surface area contributed by atoms with Gasteiger partial charge in [-0.25, -0.2) is 0 Å². The fourth-order valence-corrected chi connectivity index (χ4v) is 1.83. The molecule has 0 spiro atoms. The van der Waals surface area contributed by atoms with E-state index in [0.717, 1.165) is 18.5 Å². The second kappa shape index (κ2) is 6.17. The van der Waals surface area contributed by atoms with E-state index in [1.54, 1.807) is 0 Å². The van der Waals surface area contributed by atoms with Crippen LogP contribution in [-0.4, -0.2) is 6.04 Å². The van der Waals surface area contributed by atoms with Crippen LogP contribution in [0.15, 0.2) is 24.3 Å². The van der Waals surface area contributed by atoms with Crippen molar-refractivity contribution in [2.24, 2.45) is 5.92 Å². The molecule has 0 fully saturated rings. The molecule has 0 amide bonds. The van der Waals surface area contributed by atoms with Gasteiger partial charge in [-0.1, -0.05) is 38.5 Å². The van der Waals surface area contributed by atoms with Gasteiger partial charge in [0.2, 0.25) is 0 Å². The Morgan fingerprint density at radius 1 is 1.38 bits per heavy atom. The number of nitriles is 1. The number of nitrogens with zero attached hydrogens (tertiary/aromatic N) is 1. The Morgan fingerprint density at radius 2 is 2.06 bits per heavy atom. The quantitative estimate of drug-likeness (QED) is 0.814. The predicted molar refractivity (Wildman–Crippen MR) is 68.3 cm³/mol. The number of rotatable bonds is 5. The van der Waals surface area contributed by atoms with Crippen LogP contribution in [0.2, 0.25) is 0 Å². The molecule has 0 radical (unpaired) electrons. The maximum Gasteiger partial charge on any atom is 0.117 e. The Hall–Kier alpha value is -1.49. The minimum atomic E-state index is -0.0963. The van der Waals surface area contributed by atoms with Gasteiger partial charge < -0.3 is 5.32 Å². The molecule has 0 bridgehead atoms. The average Bonchev–Trinajstić information content (AvgIpc) is 2.28. The van der Waals surface area contributed by atoms with Gasteiger partial charge in [-0.15, -0.1) is 0 Å². The minimum Gasteiger partial charge on any atom is -0.369 e. The van der Waals surface area contributed by atoms with Gasteiger partial charge in [0.15, 0.2) is 0 Å². The van der Waals surface area contributed by atoms with Gasteiger partial charge in [0.1, 0.15) is 6.04 Å². The lowest BCUT2D eigenvalue weighted by molar-refractivity contribution is 0.500. The van der Waals surface area contributed by atoms with Gasteiger partial charge in [0, 0.05) is 5.69 Å². The van der Waals surface area contributed by atoms with Crippen LogP contribution in [-0.2, 0) is 0 Å². The number of hydrogen-bond donors (Lipinski definition) is 1. The topological polar surface area (TPSA) is 35.8 Å². The van der Waals surface area contributed by atoms with E-state index < -0.39 is 0 Å². The molecule has 1 aromatic rings. The van der Waals surface area contributed by atoms with Gasteiger partial charge in [-0.2, -0.15) is 5.26 Å². The highest BCUT2D eigenvalue weighted by Gasteiger charge is 2.15. The summed E-state index contributed by atoms with van der Waals surface area (Å²) in [6.45, 7) is 6.34. The van der Waals surface area contributed by atoms with Crippen molar-refractivity contribution in [3.05, 3.63) is 29.8 Å². The summed E-state index contributed by atoms with van der Waals surface area (Å²) >= 11 is 0. The summed E-state index contributed by atoms with van der Waals surface area (Å²) in [5.41, 5.74) is 2.25. The zero-order valence-corrected chi connectivity index (χ0v) is 10.3. The first-order valence-corrected chi connectivity index (χ1v) is 5.90. The molecule has 2 nitrogen and oxygen atoms in total. The third-order valence-electron chi connectivity index (χ3n) is 2.91. The molecule has 0 aromatic heterocycles. The van der Waals surface area contributed by atoms with Crippen LogP contribution < -0.4 is 5.32 Å². The largest absolute Gasteiger partial charge is 0.369 e. The van der Waals surface area contributed by atoms with Crippen LogP contribution in [0, 0.1) is 24.2 Å². The van der Waals surface area contributed by atoms with Crippen LogP contribution in [0.3, 0.4) is 0 Å². The molecule has 0 aliphatic heterocycles. The number of hydrogen-bond acceptors (Lipinski definition) is 2. The zero-order chi connectivity index (χ0) is 12.0. The molecule has 86 valence electrons. The maximum absolute atomic E-state index is 9.16. The molecule has 1 rings (SSSR count). The summed E-state index contributed by atoms with van der Waals surface area (Å²) in [6.07, 6.45) is 2.20. The number of aryl methyl sites for hydroxylation is 1. The molecule has 0 aliphatic rings. The summed E-state index contributed by atoms with van der Waals surface area (Å²) < 4.78 is 0. The Morgan fingerprint density at radius 3 is 2.62 bits per heavy atom. The van der Waals surface area contributed by atoms with Crippen LogP contribution in [0.1, 0.15) is 32.3 Å². The van der Waals surface area contributed by atoms with E-state index in [-0.39, 0.29) is 6.04 Å². The average molecular weight is 216 g/mol. The molecule has 1 N–H and O–H groups in total. The highest BCUT2D eigenvalue weighted by molar-refractivity contribution is 5.51. The fraction of sp³-hybridized carbons (Fsp3) is 0.500. The normalized spacial score (nSPS) is 13.9. The third kappa shape index (κ3) is 3.27. The van der Waals surface area contributed by atoms with E-state index in [0.29, 0.717) is 5.92 Å². The van der Waals surface area contributed by atoms with Gasteiger partial charge in [-0.05, 0) is 30.9 Å². The fourth-order valence-electron chi connectivity index (χ4n) is 1.83. The maximum atomic E-state index is 9.16. The Labute approximate surface area is 98.3 Å². The van der Waals surface area contributed by atoms with Crippen LogP contribution >= 0.6 is 0 Å². The molecule has 2 heteroatoms. The van der Waals surface area contributed by atoms with E-state index in [1.165, 1.54) is 5.56 Å². The first kappa shape index (κ1) is 12.6. The smallest absolute Gasteiger partial charge is 0.117 e. The lowest BCUT2D eigenvalue weighted by Gasteiger charge is -2.20. The van der Waals surface area contributed by atoms with Crippen molar-refractivity contribution in [3.8, 4) is 6.07 Å². The molecular weight excluding hydrogens is 196 g/mol. The lowest BCUT2D eigenvalue weighted by atomic mass is 9.97. The summed E-state index contributed by atoms with van der Waals surface area (Å²) in [7, 11) is 0. The summed E-state index contributed by atoms with van der Waals surface area (Å²) in [4.78, 5) is 0. The Balaban J connectivity index is 2.71. The molecule has 2 atom stereocenters. The molecule has 0 aliphatic carbocycles. The molecule has 0 heterocycles. The van der Waals surface area contributed by atoms with Crippen LogP contribution in [0.4, 0.5) is 5.69 Å². The Kier molecular flexibility index (Phi) is 4.85. The summed E-state index contributed by atoms with van der Waals surface area (Å²) in [6, 6.07) is 10.3. The third-order valence-corrected chi connectivity index (χ3v) is 2.91. The standard InChI is InChI=1S/C14H20N2/c1-4-7-11(2)14(10-15)16-13-9-6-5-8-12(13)3/h5-6,8-9,11,14,16H,4,7H2,1-3H3. The van der Waals surface area contributed by atoms with E-state index in [4.69, 9.17) is 5.26 Å². The van der Waals surface area contributed by atoms with Crippen LogP contribution in [0.25, 0.3) is 0 Å². The molecule has 16 heavy (non-hydrogen) atoms. The van der Waals surface area contributed by atoms with E-state index in [1.807, 2.05) is 18.2 Å². The van der Waals surface area contributed by atoms with Gasteiger partial charge in [-0.3, -0.25) is 0 Å². The lowest BCUT2D eigenvalue weighted by Crippen LogP contribution is -2.25. The van der Waals surface area contributed by atoms with Gasteiger partial charge in [0.05, 0.1) is 6.07 Å². The van der Waals surface area contributed by atoms with Crippen molar-refractivity contribution in [3.63, 3.8) is 0 Å². The first-order chi connectivity index (χ1) is 7.69. The summed E-state index contributed by atoms with van der Waals surface area (Å²) in [5, 5.41) is 12.5. The van der Waals surface area contributed by atoms with Crippen molar-refractivity contribution in [1.29, 1.82) is 5.26 Å². The number of benzene rings is 1. The second-order valence-electron chi connectivity index (χ2n) is 4.33. The van der Waals surface area contributed by atoms with Gasteiger partial charge >= 0.3 is 0 Å². The summed E-state index contributed by atoms with van der Waals surface area (Å²) in [5.74, 6) is 0.384. The number of anilines is 1.